The van der Waals surface area contributed by atoms with Crippen molar-refractivity contribution >= 4 is 39.8 Å². The van der Waals surface area contributed by atoms with Gasteiger partial charge in [-0.05, 0) is 0 Å². The van der Waals surface area contributed by atoms with E-state index < -0.39 is 54.6 Å². The molecule has 0 radical (unpaired) electrons. The molecule has 10 nitrogen and oxygen atoms in total. The second-order valence-corrected chi connectivity index (χ2v) is 6.42. The van der Waals surface area contributed by atoms with Crippen LogP contribution in [-0.4, -0.2) is 73.1 Å². The van der Waals surface area contributed by atoms with E-state index in [0.717, 1.165) is 20.8 Å². The van der Waals surface area contributed by atoms with Crippen LogP contribution in [0.4, 0.5) is 0 Å². The lowest BCUT2D eigenvalue weighted by Crippen LogP contribution is -2.63. The van der Waals surface area contributed by atoms with E-state index >= 15 is 0 Å². The van der Waals surface area contributed by atoms with Crippen LogP contribution in [0.2, 0.25) is 0 Å². The van der Waals surface area contributed by atoms with Crippen molar-refractivity contribution in [2.75, 3.05) is 18.5 Å². The largest absolute Gasteiger partial charge is 0.463 e. The predicted molar refractivity (Wildman–Crippen MR) is 91.7 cm³/mol. The number of carbonyl (C=O) groups excluding carboxylic acids is 4. The van der Waals surface area contributed by atoms with Crippen LogP contribution in [0.1, 0.15) is 27.7 Å². The molecule has 0 aromatic heterocycles. The average molecular weight is 455 g/mol. The molecule has 154 valence electrons. The molecule has 11 heteroatoms. The predicted octanol–water partition coefficient (Wildman–Crippen LogP) is 0.481. The molecule has 5 atom stereocenters. The quantitative estimate of drug-likeness (QED) is 0.290. The molecular weight excluding hydrogens is 432 g/mol. The molecule has 0 aromatic rings. The van der Waals surface area contributed by atoms with Crippen LogP contribution in [0.3, 0.4) is 0 Å². The van der Waals surface area contributed by atoms with Gasteiger partial charge in [0.25, 0.3) is 0 Å². The summed E-state index contributed by atoms with van der Waals surface area (Å²) in [6, 6.07) is 0. The Balaban J connectivity index is 3.22. The first-order valence-corrected chi connectivity index (χ1v) is 9.25. The minimum atomic E-state index is -1.22. The highest BCUT2D eigenvalue weighted by molar-refractivity contribution is 9.09. The van der Waals surface area contributed by atoms with Gasteiger partial charge in [0.05, 0.1) is 6.61 Å². The van der Waals surface area contributed by atoms with Crippen LogP contribution in [0, 0.1) is 0 Å². The Morgan fingerprint density at radius 2 is 1.33 bits per heavy atom. The van der Waals surface area contributed by atoms with Gasteiger partial charge in [-0.1, -0.05) is 15.9 Å². The van der Waals surface area contributed by atoms with Crippen LogP contribution in [-0.2, 0) is 47.6 Å². The van der Waals surface area contributed by atoms with E-state index in [9.17, 15) is 19.2 Å². The van der Waals surface area contributed by atoms with E-state index in [4.69, 9.17) is 28.4 Å². The second kappa shape index (κ2) is 11.2. The van der Waals surface area contributed by atoms with Crippen molar-refractivity contribution in [1.82, 2.24) is 0 Å². The average Bonchev–Trinajstić information content (AvgIpc) is 2.54. The van der Waals surface area contributed by atoms with E-state index in [-0.39, 0.29) is 13.2 Å². The van der Waals surface area contributed by atoms with E-state index in [1.54, 1.807) is 0 Å². The molecule has 1 aliphatic rings. The number of esters is 4. The first kappa shape index (κ1) is 23.3. The van der Waals surface area contributed by atoms with Gasteiger partial charge in [0, 0.05) is 33.0 Å². The highest BCUT2D eigenvalue weighted by Gasteiger charge is 2.52. The molecule has 0 spiro atoms. The molecule has 0 aliphatic carbocycles. The summed E-state index contributed by atoms with van der Waals surface area (Å²) >= 11 is 3.20. The highest BCUT2D eigenvalue weighted by Crippen LogP contribution is 2.29. The molecule has 27 heavy (non-hydrogen) atoms. The molecule has 1 rings (SSSR count). The minimum absolute atomic E-state index is 0.188. The monoisotopic (exact) mass is 454 g/mol. The van der Waals surface area contributed by atoms with Crippen molar-refractivity contribution in [2.45, 2.75) is 58.4 Å². The lowest BCUT2D eigenvalue weighted by molar-refractivity contribution is -0.306. The molecule has 3 unspecified atom stereocenters. The standard InChI is InChI=1S/C16H23BrO10/c1-8(18)23-7-12-13(24-9(2)19)14(25-10(3)20)15(26-11(4)21)16(27-12)22-6-5-17/h12-16H,5-7H2,1-4H3/t12?,13-,14?,15?,16-/m0/s1. The van der Waals surface area contributed by atoms with Gasteiger partial charge < -0.3 is 28.4 Å². The van der Waals surface area contributed by atoms with Gasteiger partial charge >= 0.3 is 23.9 Å². The van der Waals surface area contributed by atoms with E-state index in [0.29, 0.717) is 5.33 Å². The number of ether oxygens (including phenoxy) is 6. The Morgan fingerprint density at radius 3 is 1.81 bits per heavy atom. The lowest BCUT2D eigenvalue weighted by Gasteiger charge is -2.44. The SMILES string of the molecule is CC(=O)OCC1O[C@H](OCCBr)C(OC(C)=O)C(OC(C)=O)[C@H]1OC(C)=O. The zero-order chi connectivity index (χ0) is 20.6. The maximum atomic E-state index is 11.6. The highest BCUT2D eigenvalue weighted by atomic mass is 79.9. The molecule has 0 saturated carbocycles. The normalized spacial score (nSPS) is 27.4. The van der Waals surface area contributed by atoms with Crippen molar-refractivity contribution in [2.24, 2.45) is 0 Å². The Bertz CT molecular complexity index is 551. The number of carbonyl (C=O) groups is 4. The van der Waals surface area contributed by atoms with Gasteiger partial charge in [0.15, 0.2) is 24.6 Å². The zero-order valence-corrected chi connectivity index (χ0v) is 17.1. The van der Waals surface area contributed by atoms with Gasteiger partial charge in [-0.2, -0.15) is 0 Å². The molecule has 1 heterocycles. The molecule has 0 bridgehead atoms. The fourth-order valence-electron chi connectivity index (χ4n) is 2.48. The van der Waals surface area contributed by atoms with Crippen LogP contribution in [0.25, 0.3) is 0 Å². The fraction of sp³-hybridized carbons (Fsp3) is 0.750. The second-order valence-electron chi connectivity index (χ2n) is 5.63. The van der Waals surface area contributed by atoms with Crippen molar-refractivity contribution in [3.8, 4) is 0 Å². The third-order valence-corrected chi connectivity index (χ3v) is 3.63. The Kier molecular flexibility index (Phi) is 9.67. The van der Waals surface area contributed by atoms with Crippen LogP contribution >= 0.6 is 15.9 Å². The Labute approximate surface area is 164 Å². The molecule has 0 amide bonds. The number of hydrogen-bond acceptors (Lipinski definition) is 10. The molecule has 1 aliphatic heterocycles. The Hall–Kier alpha value is -1.72. The number of alkyl halides is 1. The van der Waals surface area contributed by atoms with Crippen LogP contribution in [0.15, 0.2) is 0 Å². The van der Waals surface area contributed by atoms with Gasteiger partial charge in [-0.3, -0.25) is 19.2 Å². The van der Waals surface area contributed by atoms with Crippen molar-refractivity contribution in [3.63, 3.8) is 0 Å². The third-order valence-electron chi connectivity index (χ3n) is 3.31. The zero-order valence-electron chi connectivity index (χ0n) is 15.5. The number of hydrogen-bond donors (Lipinski definition) is 0. The first-order valence-electron chi connectivity index (χ1n) is 8.13. The summed E-state index contributed by atoms with van der Waals surface area (Å²) in [5, 5.41) is 0.458. The topological polar surface area (TPSA) is 124 Å². The van der Waals surface area contributed by atoms with Crippen LogP contribution < -0.4 is 0 Å². The molecular formula is C16H23BrO10. The summed E-state index contributed by atoms with van der Waals surface area (Å²) in [6.07, 6.45) is -5.73. The van der Waals surface area contributed by atoms with Crippen molar-refractivity contribution in [1.29, 1.82) is 0 Å². The van der Waals surface area contributed by atoms with Crippen LogP contribution in [0.5, 0.6) is 0 Å². The lowest BCUT2D eigenvalue weighted by atomic mass is 9.98. The third kappa shape index (κ3) is 7.81. The van der Waals surface area contributed by atoms with Gasteiger partial charge in [-0.15, -0.1) is 0 Å². The van der Waals surface area contributed by atoms with E-state index in [1.165, 1.54) is 6.92 Å². The number of halogens is 1. The van der Waals surface area contributed by atoms with Gasteiger partial charge in [0.1, 0.15) is 12.7 Å². The molecule has 1 saturated heterocycles. The summed E-state index contributed by atoms with van der Waals surface area (Å²) in [4.78, 5) is 45.8. The summed E-state index contributed by atoms with van der Waals surface area (Å²) in [5.74, 6) is -2.63. The first-order chi connectivity index (χ1) is 12.6. The smallest absolute Gasteiger partial charge is 0.303 e. The summed E-state index contributed by atoms with van der Waals surface area (Å²) in [7, 11) is 0. The molecule has 1 fully saturated rings. The minimum Gasteiger partial charge on any atom is -0.463 e. The molecule has 0 aromatic carbocycles. The van der Waals surface area contributed by atoms with E-state index in [2.05, 4.69) is 15.9 Å². The van der Waals surface area contributed by atoms with Gasteiger partial charge in [-0.25, -0.2) is 0 Å². The van der Waals surface area contributed by atoms with Crippen molar-refractivity contribution in [3.05, 3.63) is 0 Å². The summed E-state index contributed by atoms with van der Waals surface area (Å²) in [5.41, 5.74) is 0. The Morgan fingerprint density at radius 1 is 0.815 bits per heavy atom. The maximum Gasteiger partial charge on any atom is 0.303 e. The van der Waals surface area contributed by atoms with Crippen molar-refractivity contribution < 1.29 is 47.6 Å². The molecule has 0 N–H and O–H groups in total. The number of rotatable bonds is 8. The van der Waals surface area contributed by atoms with Gasteiger partial charge in [0.2, 0.25) is 0 Å². The summed E-state index contributed by atoms with van der Waals surface area (Å²) in [6.45, 7) is 4.58. The maximum absolute atomic E-state index is 11.6. The summed E-state index contributed by atoms with van der Waals surface area (Å²) < 4.78 is 31.9. The fourth-order valence-corrected chi connectivity index (χ4v) is 2.67. The van der Waals surface area contributed by atoms with E-state index in [1.807, 2.05) is 0 Å².